The monoisotopic (exact) mass is 280 g/mol. The molecule has 3 heteroatoms. The maximum atomic E-state index is 11.3. The summed E-state index contributed by atoms with van der Waals surface area (Å²) in [7, 11) is 0. The van der Waals surface area contributed by atoms with Crippen LogP contribution in [0.15, 0.2) is 0 Å². The first-order valence-corrected chi connectivity index (χ1v) is 8.10. The van der Waals surface area contributed by atoms with E-state index in [1.54, 1.807) is 0 Å². The van der Waals surface area contributed by atoms with Crippen molar-refractivity contribution in [2.24, 2.45) is 23.7 Å². The maximum absolute atomic E-state index is 11.3. The highest BCUT2D eigenvalue weighted by Crippen LogP contribution is 2.58. The summed E-state index contributed by atoms with van der Waals surface area (Å²) in [4.78, 5) is 11.3. The summed E-state index contributed by atoms with van der Waals surface area (Å²) in [5, 5.41) is 0. The molecular weight excluding hydrogens is 252 g/mol. The molecular formula is C17H28O3. The van der Waals surface area contributed by atoms with Crippen molar-refractivity contribution in [3.05, 3.63) is 0 Å². The average Bonchev–Trinajstić information content (AvgIpc) is 2.49. The maximum Gasteiger partial charge on any atom is 0.302 e. The highest BCUT2D eigenvalue weighted by atomic mass is 16.5. The van der Waals surface area contributed by atoms with Crippen LogP contribution < -0.4 is 0 Å². The van der Waals surface area contributed by atoms with Crippen LogP contribution in [0.3, 0.4) is 0 Å². The molecule has 0 aromatic carbocycles. The van der Waals surface area contributed by atoms with Gasteiger partial charge in [-0.1, -0.05) is 6.92 Å². The van der Waals surface area contributed by atoms with Gasteiger partial charge in [0.2, 0.25) is 0 Å². The normalized spacial score (nSPS) is 49.5. The fourth-order valence-corrected chi connectivity index (χ4v) is 5.27. The number of ether oxygens (including phenoxy) is 2. The molecule has 0 aromatic heterocycles. The molecule has 2 aliphatic carbocycles. The predicted molar refractivity (Wildman–Crippen MR) is 77.2 cm³/mol. The first-order valence-electron chi connectivity index (χ1n) is 8.10. The third kappa shape index (κ3) is 2.09. The van der Waals surface area contributed by atoms with Crippen LogP contribution in [0.25, 0.3) is 0 Å². The topological polar surface area (TPSA) is 35.5 Å². The Balaban J connectivity index is 1.88. The van der Waals surface area contributed by atoms with E-state index in [4.69, 9.17) is 9.47 Å². The van der Waals surface area contributed by atoms with E-state index in [1.807, 2.05) is 0 Å². The second-order valence-corrected chi connectivity index (χ2v) is 8.00. The molecule has 0 amide bonds. The molecule has 2 aliphatic heterocycles. The molecule has 0 spiro atoms. The summed E-state index contributed by atoms with van der Waals surface area (Å²) in [5.41, 5.74) is -0.0433. The molecule has 2 bridgehead atoms. The van der Waals surface area contributed by atoms with Gasteiger partial charge in [-0.25, -0.2) is 0 Å². The van der Waals surface area contributed by atoms with Gasteiger partial charge >= 0.3 is 5.97 Å². The van der Waals surface area contributed by atoms with Gasteiger partial charge < -0.3 is 9.47 Å². The molecule has 6 atom stereocenters. The zero-order chi connectivity index (χ0) is 14.7. The molecule has 2 heterocycles. The number of fused-ring (bicyclic) bond motifs is 2. The molecule has 20 heavy (non-hydrogen) atoms. The summed E-state index contributed by atoms with van der Waals surface area (Å²) in [6.45, 7) is 10.6. The fraction of sp³-hybridized carbons (Fsp3) is 0.941. The molecule has 4 fully saturated rings. The van der Waals surface area contributed by atoms with Gasteiger partial charge in [0.25, 0.3) is 0 Å². The Morgan fingerprint density at radius 3 is 2.55 bits per heavy atom. The molecule has 2 saturated carbocycles. The van der Waals surface area contributed by atoms with E-state index in [0.29, 0.717) is 23.7 Å². The van der Waals surface area contributed by atoms with E-state index >= 15 is 0 Å². The molecule has 2 saturated heterocycles. The summed E-state index contributed by atoms with van der Waals surface area (Å²) in [5.74, 6) is 2.13. The molecule has 114 valence electrons. The Morgan fingerprint density at radius 1 is 1.25 bits per heavy atom. The van der Waals surface area contributed by atoms with Crippen molar-refractivity contribution in [2.75, 3.05) is 0 Å². The van der Waals surface area contributed by atoms with Crippen LogP contribution in [0.4, 0.5) is 0 Å². The number of hydrogen-bond donors (Lipinski definition) is 0. The lowest BCUT2D eigenvalue weighted by Gasteiger charge is -2.47. The van der Waals surface area contributed by atoms with Crippen LogP contribution in [0.1, 0.15) is 60.3 Å². The number of carbonyl (C=O) groups excluding carboxylic acids is 1. The zero-order valence-electron chi connectivity index (χ0n) is 13.4. The Bertz CT molecular complexity index is 416. The highest BCUT2D eigenvalue weighted by Gasteiger charge is 2.59. The van der Waals surface area contributed by atoms with Gasteiger partial charge in [-0.05, 0) is 70.1 Å². The van der Waals surface area contributed by atoms with Crippen molar-refractivity contribution in [1.29, 1.82) is 0 Å². The standard InChI is InChI=1S/C17H28O3/c1-10-13-8-12-6-7-17(5,20-16(12,3)4)14(13)9-15(10)19-11(2)18/h10,12-15H,6-9H2,1-5H3. The minimum atomic E-state index is -0.144. The van der Waals surface area contributed by atoms with E-state index in [-0.39, 0.29) is 23.3 Å². The third-order valence-electron chi connectivity index (χ3n) is 6.39. The minimum Gasteiger partial charge on any atom is -0.462 e. The second-order valence-electron chi connectivity index (χ2n) is 8.00. The van der Waals surface area contributed by atoms with Crippen molar-refractivity contribution in [1.82, 2.24) is 0 Å². The quantitative estimate of drug-likeness (QED) is 0.689. The zero-order valence-corrected chi connectivity index (χ0v) is 13.4. The minimum absolute atomic E-state index is 0.00596. The molecule has 4 rings (SSSR count). The van der Waals surface area contributed by atoms with E-state index < -0.39 is 0 Å². The van der Waals surface area contributed by atoms with Gasteiger partial charge in [0.05, 0.1) is 11.2 Å². The van der Waals surface area contributed by atoms with Crippen LogP contribution >= 0.6 is 0 Å². The van der Waals surface area contributed by atoms with Crippen LogP contribution in [0.2, 0.25) is 0 Å². The number of carbonyl (C=O) groups is 1. The van der Waals surface area contributed by atoms with Crippen LogP contribution in [-0.2, 0) is 14.3 Å². The first kappa shape index (κ1) is 14.4. The van der Waals surface area contributed by atoms with Crippen molar-refractivity contribution in [3.8, 4) is 0 Å². The summed E-state index contributed by atoms with van der Waals surface area (Å²) >= 11 is 0. The molecule has 0 aromatic rings. The first-order chi connectivity index (χ1) is 9.23. The van der Waals surface area contributed by atoms with Crippen LogP contribution in [-0.4, -0.2) is 23.3 Å². The van der Waals surface area contributed by atoms with Crippen LogP contribution in [0, 0.1) is 23.7 Å². The molecule has 0 N–H and O–H groups in total. The summed E-state index contributed by atoms with van der Waals surface area (Å²) in [6, 6.07) is 0. The summed E-state index contributed by atoms with van der Waals surface area (Å²) in [6.07, 6.45) is 4.73. The molecule has 4 aliphatic rings. The smallest absolute Gasteiger partial charge is 0.302 e. The van der Waals surface area contributed by atoms with E-state index in [2.05, 4.69) is 27.7 Å². The predicted octanol–water partition coefficient (Wildman–Crippen LogP) is 3.56. The van der Waals surface area contributed by atoms with Gasteiger partial charge in [-0.15, -0.1) is 0 Å². The highest BCUT2D eigenvalue weighted by molar-refractivity contribution is 5.66. The SMILES string of the molecule is CC(=O)OC1CC2C(CC3CCC2(C)OC3(C)C)C1C. The number of esters is 1. The van der Waals surface area contributed by atoms with Crippen molar-refractivity contribution < 1.29 is 14.3 Å². The van der Waals surface area contributed by atoms with Gasteiger partial charge in [0.1, 0.15) is 6.10 Å². The lowest BCUT2D eigenvalue weighted by Crippen LogP contribution is -2.49. The Hall–Kier alpha value is -0.570. The number of rotatable bonds is 1. The third-order valence-corrected chi connectivity index (χ3v) is 6.39. The number of hydrogen-bond acceptors (Lipinski definition) is 3. The van der Waals surface area contributed by atoms with Crippen molar-refractivity contribution in [2.45, 2.75) is 77.6 Å². The molecule has 6 unspecified atom stereocenters. The largest absolute Gasteiger partial charge is 0.462 e. The Kier molecular flexibility index (Phi) is 3.20. The van der Waals surface area contributed by atoms with Gasteiger partial charge in [-0.3, -0.25) is 4.79 Å². The van der Waals surface area contributed by atoms with E-state index in [0.717, 1.165) is 12.8 Å². The van der Waals surface area contributed by atoms with Crippen molar-refractivity contribution in [3.63, 3.8) is 0 Å². The van der Waals surface area contributed by atoms with Crippen molar-refractivity contribution >= 4 is 5.97 Å². The second kappa shape index (κ2) is 4.46. The van der Waals surface area contributed by atoms with Gasteiger partial charge in [0.15, 0.2) is 0 Å². The van der Waals surface area contributed by atoms with Crippen LogP contribution in [0.5, 0.6) is 0 Å². The van der Waals surface area contributed by atoms with E-state index in [9.17, 15) is 4.79 Å². The molecule has 3 nitrogen and oxygen atoms in total. The Morgan fingerprint density at radius 2 is 1.95 bits per heavy atom. The fourth-order valence-electron chi connectivity index (χ4n) is 5.27. The Labute approximate surface area is 122 Å². The average molecular weight is 280 g/mol. The molecule has 0 radical (unpaired) electrons. The lowest BCUT2D eigenvalue weighted by molar-refractivity contribution is -0.201. The van der Waals surface area contributed by atoms with Gasteiger partial charge in [-0.2, -0.15) is 0 Å². The van der Waals surface area contributed by atoms with Gasteiger partial charge in [0, 0.05) is 6.92 Å². The summed E-state index contributed by atoms with van der Waals surface area (Å²) < 4.78 is 12.1. The van der Waals surface area contributed by atoms with E-state index in [1.165, 1.54) is 19.8 Å². The lowest BCUT2D eigenvalue weighted by atomic mass is 9.78.